The average Bonchev–Trinajstić information content (AvgIpc) is 2.94. The molecule has 0 aliphatic rings. The van der Waals surface area contributed by atoms with Crippen molar-refractivity contribution in [3.8, 4) is 0 Å². The van der Waals surface area contributed by atoms with Crippen molar-refractivity contribution in [2.45, 2.75) is 0 Å². The molecule has 1 heterocycles. The molecule has 2 aromatic rings. The summed E-state index contributed by atoms with van der Waals surface area (Å²) in [4.78, 5) is 23.2. The largest absolute Gasteiger partial charge is 0.459 e. The highest BCUT2D eigenvalue weighted by Gasteiger charge is 2.13. The molecule has 3 N–H and O–H groups in total. The van der Waals surface area contributed by atoms with Gasteiger partial charge in [0.05, 0.1) is 6.26 Å². The van der Waals surface area contributed by atoms with E-state index in [4.69, 9.17) is 10.2 Å². The Morgan fingerprint density at radius 1 is 1.20 bits per heavy atom. The average molecular weight is 335 g/mol. The van der Waals surface area contributed by atoms with E-state index in [1.807, 2.05) is 12.1 Å². The quantitative estimate of drug-likeness (QED) is 0.841. The van der Waals surface area contributed by atoms with Gasteiger partial charge in [0, 0.05) is 4.47 Å². The number of furan rings is 1. The minimum atomic E-state index is -0.729. The van der Waals surface area contributed by atoms with Crippen molar-refractivity contribution in [1.29, 1.82) is 0 Å². The lowest BCUT2D eigenvalue weighted by molar-refractivity contribution is -0.114. The van der Waals surface area contributed by atoms with Crippen LogP contribution in [-0.2, 0) is 4.79 Å². The normalized spacial score (nSPS) is 11.2. The lowest BCUT2D eigenvalue weighted by Gasteiger charge is -2.05. The number of nitrogens with one attached hydrogen (secondary N) is 1. The first-order chi connectivity index (χ1) is 9.56. The number of hydrogen-bond donors (Lipinski definition) is 2. The highest BCUT2D eigenvalue weighted by atomic mass is 79.9. The van der Waals surface area contributed by atoms with Gasteiger partial charge in [0.25, 0.3) is 11.8 Å². The highest BCUT2D eigenvalue weighted by Crippen LogP contribution is 2.13. The van der Waals surface area contributed by atoms with Crippen LogP contribution >= 0.6 is 15.9 Å². The van der Waals surface area contributed by atoms with Gasteiger partial charge in [-0.2, -0.15) is 0 Å². The molecule has 0 spiro atoms. The second kappa shape index (κ2) is 6.21. The second-order valence-corrected chi connectivity index (χ2v) is 4.82. The zero-order valence-corrected chi connectivity index (χ0v) is 11.9. The molecule has 0 fully saturated rings. The Bertz CT molecular complexity index is 646. The van der Waals surface area contributed by atoms with Crippen LogP contribution in [0.4, 0.5) is 0 Å². The van der Waals surface area contributed by atoms with Gasteiger partial charge in [-0.1, -0.05) is 28.1 Å². The molecule has 0 radical (unpaired) electrons. The molecule has 2 rings (SSSR count). The number of primary amides is 1. The zero-order valence-electron chi connectivity index (χ0n) is 10.3. The Labute approximate surface area is 123 Å². The molecule has 102 valence electrons. The third-order valence-corrected chi connectivity index (χ3v) is 2.97. The summed E-state index contributed by atoms with van der Waals surface area (Å²) in [5.41, 5.74) is 5.99. The van der Waals surface area contributed by atoms with Gasteiger partial charge in [-0.15, -0.1) is 0 Å². The van der Waals surface area contributed by atoms with E-state index in [1.165, 1.54) is 18.4 Å². The fraction of sp³-hybridized carbons (Fsp3) is 0. The van der Waals surface area contributed by atoms with E-state index >= 15 is 0 Å². The molecule has 0 bridgehead atoms. The molecule has 0 saturated carbocycles. The van der Waals surface area contributed by atoms with Crippen molar-refractivity contribution >= 4 is 33.8 Å². The summed E-state index contributed by atoms with van der Waals surface area (Å²) in [7, 11) is 0. The molecule has 5 nitrogen and oxygen atoms in total. The molecule has 2 amide bonds. The number of amides is 2. The zero-order chi connectivity index (χ0) is 14.5. The lowest BCUT2D eigenvalue weighted by atomic mass is 10.2. The summed E-state index contributed by atoms with van der Waals surface area (Å²) in [5, 5.41) is 2.42. The molecule has 20 heavy (non-hydrogen) atoms. The van der Waals surface area contributed by atoms with Gasteiger partial charge in [0.15, 0.2) is 5.76 Å². The summed E-state index contributed by atoms with van der Waals surface area (Å²) in [6.07, 6.45) is 2.87. The number of rotatable bonds is 4. The predicted octanol–water partition coefficient (Wildman–Crippen LogP) is 2.30. The van der Waals surface area contributed by atoms with E-state index in [0.717, 1.165) is 10.0 Å². The number of halogens is 1. The van der Waals surface area contributed by atoms with Crippen LogP contribution in [-0.4, -0.2) is 11.8 Å². The van der Waals surface area contributed by atoms with E-state index < -0.39 is 11.8 Å². The van der Waals surface area contributed by atoms with E-state index in [1.54, 1.807) is 18.2 Å². The molecule has 0 aliphatic heterocycles. The molecule has 6 heteroatoms. The molecular weight excluding hydrogens is 324 g/mol. The Morgan fingerprint density at radius 2 is 1.90 bits per heavy atom. The number of nitrogens with two attached hydrogens (primary N) is 1. The maximum absolute atomic E-state index is 11.8. The van der Waals surface area contributed by atoms with E-state index in [0.29, 0.717) is 0 Å². The van der Waals surface area contributed by atoms with Crippen LogP contribution in [0.1, 0.15) is 16.1 Å². The molecule has 1 aromatic carbocycles. The Hall–Kier alpha value is -2.34. The van der Waals surface area contributed by atoms with Gasteiger partial charge >= 0.3 is 0 Å². The maximum atomic E-state index is 11.8. The van der Waals surface area contributed by atoms with Gasteiger partial charge < -0.3 is 15.5 Å². The maximum Gasteiger partial charge on any atom is 0.291 e. The van der Waals surface area contributed by atoms with Gasteiger partial charge in [0.2, 0.25) is 0 Å². The Balaban J connectivity index is 2.21. The third kappa shape index (κ3) is 3.58. The molecule has 0 saturated heterocycles. The molecule has 1 aromatic heterocycles. The van der Waals surface area contributed by atoms with Crippen molar-refractivity contribution in [3.63, 3.8) is 0 Å². The number of hydrogen-bond acceptors (Lipinski definition) is 3. The number of benzene rings is 1. The van der Waals surface area contributed by atoms with Gasteiger partial charge in [-0.25, -0.2) is 0 Å². The summed E-state index contributed by atoms with van der Waals surface area (Å²) < 4.78 is 5.86. The summed E-state index contributed by atoms with van der Waals surface area (Å²) in [6, 6.07) is 10.3. The number of carbonyl (C=O) groups excluding carboxylic acids is 2. The minimum absolute atomic E-state index is 0.00581. The fourth-order valence-corrected chi connectivity index (χ4v) is 1.75. The van der Waals surface area contributed by atoms with E-state index in [9.17, 15) is 9.59 Å². The van der Waals surface area contributed by atoms with Crippen molar-refractivity contribution in [2.24, 2.45) is 5.73 Å². The second-order valence-electron chi connectivity index (χ2n) is 3.91. The molecule has 0 atom stereocenters. The van der Waals surface area contributed by atoms with Crippen LogP contribution in [0, 0.1) is 0 Å². The van der Waals surface area contributed by atoms with Crippen LogP contribution in [0.2, 0.25) is 0 Å². The minimum Gasteiger partial charge on any atom is -0.459 e. The SMILES string of the molecule is NC(=O)/C(=C/c1ccc(Br)cc1)NC(=O)c1ccco1. The smallest absolute Gasteiger partial charge is 0.291 e. The van der Waals surface area contributed by atoms with Crippen molar-refractivity contribution < 1.29 is 14.0 Å². The van der Waals surface area contributed by atoms with Crippen LogP contribution < -0.4 is 11.1 Å². The predicted molar refractivity (Wildman–Crippen MR) is 77.5 cm³/mol. The van der Waals surface area contributed by atoms with Crippen LogP contribution in [0.25, 0.3) is 6.08 Å². The van der Waals surface area contributed by atoms with Gasteiger partial charge in [0.1, 0.15) is 5.70 Å². The number of carbonyl (C=O) groups is 2. The van der Waals surface area contributed by atoms with Crippen LogP contribution in [0.5, 0.6) is 0 Å². The fourth-order valence-electron chi connectivity index (χ4n) is 1.49. The highest BCUT2D eigenvalue weighted by molar-refractivity contribution is 9.10. The molecular formula is C14H11BrN2O3. The lowest BCUT2D eigenvalue weighted by Crippen LogP contribution is -2.30. The first-order valence-electron chi connectivity index (χ1n) is 5.68. The van der Waals surface area contributed by atoms with Crippen LogP contribution in [0.3, 0.4) is 0 Å². The standard InChI is InChI=1S/C14H11BrN2O3/c15-10-5-3-9(4-6-10)8-11(13(16)18)17-14(19)12-2-1-7-20-12/h1-8H,(H2,16,18)(H,17,19)/b11-8-. The van der Waals surface area contributed by atoms with Gasteiger partial charge in [-0.05, 0) is 35.9 Å². The van der Waals surface area contributed by atoms with E-state index in [-0.39, 0.29) is 11.5 Å². The van der Waals surface area contributed by atoms with Gasteiger partial charge in [-0.3, -0.25) is 9.59 Å². The monoisotopic (exact) mass is 334 g/mol. The topological polar surface area (TPSA) is 85.3 Å². The summed E-state index contributed by atoms with van der Waals surface area (Å²) in [5.74, 6) is -1.15. The Kier molecular flexibility index (Phi) is 4.37. The first-order valence-corrected chi connectivity index (χ1v) is 6.47. The van der Waals surface area contributed by atoms with Crippen molar-refractivity contribution in [3.05, 3.63) is 64.2 Å². The summed E-state index contributed by atoms with van der Waals surface area (Å²) >= 11 is 3.31. The van der Waals surface area contributed by atoms with Crippen molar-refractivity contribution in [2.75, 3.05) is 0 Å². The first kappa shape index (κ1) is 14.1. The third-order valence-electron chi connectivity index (χ3n) is 2.44. The Morgan fingerprint density at radius 3 is 2.45 bits per heavy atom. The van der Waals surface area contributed by atoms with Crippen LogP contribution in [0.15, 0.2) is 57.2 Å². The van der Waals surface area contributed by atoms with Crippen molar-refractivity contribution in [1.82, 2.24) is 5.32 Å². The summed E-state index contributed by atoms with van der Waals surface area (Å²) in [6.45, 7) is 0. The molecule has 0 unspecified atom stereocenters. The van der Waals surface area contributed by atoms with E-state index in [2.05, 4.69) is 21.2 Å². The molecule has 0 aliphatic carbocycles.